The van der Waals surface area contributed by atoms with Crippen LogP contribution in [-0.2, 0) is 9.22 Å². The summed E-state index contributed by atoms with van der Waals surface area (Å²) in [4.78, 5) is 14.5. The molecule has 1 fully saturated rings. The van der Waals surface area contributed by atoms with Gasteiger partial charge in [0, 0.05) is 12.6 Å². The highest BCUT2D eigenvalue weighted by atomic mass is 28.4. The van der Waals surface area contributed by atoms with Crippen LogP contribution in [0, 0.1) is 5.92 Å². The number of carbonyl (C=O) groups excluding carboxylic acids is 1. The number of nitrogens with zero attached hydrogens (tertiary/aromatic N) is 1. The highest BCUT2D eigenvalue weighted by molar-refractivity contribution is 6.74. The van der Waals surface area contributed by atoms with E-state index in [1.165, 1.54) is 6.42 Å². The fourth-order valence-corrected chi connectivity index (χ4v) is 4.35. The maximum Gasteiger partial charge on any atom is 0.230 e. The number of likely N-dealkylation sites (tertiary alicyclic amines) is 1. The maximum absolute atomic E-state index is 12.5. The number of rotatable bonds is 4. The predicted molar refractivity (Wildman–Crippen MR) is 89.7 cm³/mol. The van der Waals surface area contributed by atoms with Crippen molar-refractivity contribution in [2.75, 3.05) is 6.54 Å². The number of allylic oxidation sites excluding steroid dienone is 1. The summed E-state index contributed by atoms with van der Waals surface area (Å²) in [6.45, 7) is 14.2. The molecule has 0 bridgehead atoms. The quantitative estimate of drug-likeness (QED) is 0.447. The molecular formula is C17H31NO2Si. The minimum atomic E-state index is -1.79. The van der Waals surface area contributed by atoms with E-state index in [4.69, 9.17) is 4.43 Å². The molecule has 0 N–H and O–H groups in total. The monoisotopic (exact) mass is 309 g/mol. The van der Waals surface area contributed by atoms with Crippen molar-refractivity contribution >= 4 is 14.2 Å². The molecule has 0 aromatic heterocycles. The number of β-lactam (4-membered cyclic amide) rings is 1. The molecule has 1 saturated heterocycles. The summed E-state index contributed by atoms with van der Waals surface area (Å²) in [5.41, 5.74) is 0. The molecule has 0 aromatic carbocycles. The van der Waals surface area contributed by atoms with Crippen LogP contribution in [0.1, 0.15) is 47.0 Å². The topological polar surface area (TPSA) is 29.5 Å². The number of carbonyl (C=O) groups is 1. The lowest BCUT2D eigenvalue weighted by atomic mass is 9.89. The van der Waals surface area contributed by atoms with Gasteiger partial charge in [0.05, 0.1) is 12.0 Å². The molecule has 0 aromatic rings. The van der Waals surface area contributed by atoms with Crippen LogP contribution in [0.5, 0.6) is 0 Å². The average Bonchev–Trinajstić information content (AvgIpc) is 2.36. The Labute approximate surface area is 130 Å². The summed E-state index contributed by atoms with van der Waals surface area (Å²) in [6.07, 6.45) is 7.94. The Kier molecular flexibility index (Phi) is 4.69. The molecule has 1 amide bonds. The molecule has 1 heterocycles. The van der Waals surface area contributed by atoms with Crippen LogP contribution in [0.15, 0.2) is 12.2 Å². The molecule has 2 rings (SSSR count). The van der Waals surface area contributed by atoms with Gasteiger partial charge in [0.2, 0.25) is 5.91 Å². The first-order valence-corrected chi connectivity index (χ1v) is 11.2. The minimum absolute atomic E-state index is 0.0437. The molecule has 0 radical (unpaired) electrons. The average molecular weight is 310 g/mol. The maximum atomic E-state index is 12.5. The Morgan fingerprint density at radius 2 is 2.05 bits per heavy atom. The summed E-state index contributed by atoms with van der Waals surface area (Å²) in [5.74, 6) is 0.354. The molecule has 1 aliphatic heterocycles. The Morgan fingerprint density at radius 1 is 1.38 bits per heavy atom. The third kappa shape index (κ3) is 3.42. The van der Waals surface area contributed by atoms with Gasteiger partial charge in [-0.05, 0) is 44.3 Å². The van der Waals surface area contributed by atoms with Crippen molar-refractivity contribution in [1.82, 2.24) is 4.90 Å². The van der Waals surface area contributed by atoms with Gasteiger partial charge in [0.15, 0.2) is 8.32 Å². The van der Waals surface area contributed by atoms with E-state index >= 15 is 0 Å². The van der Waals surface area contributed by atoms with E-state index < -0.39 is 8.32 Å². The Hall–Kier alpha value is -0.613. The van der Waals surface area contributed by atoms with E-state index in [9.17, 15) is 4.79 Å². The molecule has 3 nitrogen and oxygen atoms in total. The highest BCUT2D eigenvalue weighted by Crippen LogP contribution is 2.39. The molecule has 1 unspecified atom stereocenters. The van der Waals surface area contributed by atoms with Crippen molar-refractivity contribution in [2.45, 2.75) is 77.2 Å². The molecule has 1 aliphatic carbocycles. The third-order valence-corrected chi connectivity index (χ3v) is 10.0. The Bertz CT molecular complexity index is 425. The van der Waals surface area contributed by atoms with Gasteiger partial charge in [-0.2, -0.15) is 0 Å². The van der Waals surface area contributed by atoms with Gasteiger partial charge in [0.1, 0.15) is 0 Å². The first kappa shape index (κ1) is 16.8. The molecule has 120 valence electrons. The second-order valence-electron chi connectivity index (χ2n) is 8.11. The fraction of sp³-hybridized carbons (Fsp3) is 0.824. The van der Waals surface area contributed by atoms with Gasteiger partial charge >= 0.3 is 0 Å². The molecule has 0 saturated carbocycles. The number of amides is 1. The lowest BCUT2D eigenvalue weighted by Crippen LogP contribution is -2.61. The van der Waals surface area contributed by atoms with Crippen LogP contribution in [0.4, 0.5) is 0 Å². The van der Waals surface area contributed by atoms with Crippen molar-refractivity contribution in [1.29, 1.82) is 0 Å². The van der Waals surface area contributed by atoms with Crippen molar-refractivity contribution in [2.24, 2.45) is 5.92 Å². The summed E-state index contributed by atoms with van der Waals surface area (Å²) in [6, 6.07) is 0.336. The summed E-state index contributed by atoms with van der Waals surface area (Å²) < 4.78 is 6.39. The molecule has 4 heteroatoms. The number of hydrogen-bond acceptors (Lipinski definition) is 2. The van der Waals surface area contributed by atoms with Crippen LogP contribution in [-0.4, -0.2) is 37.8 Å². The van der Waals surface area contributed by atoms with Gasteiger partial charge in [-0.25, -0.2) is 0 Å². The van der Waals surface area contributed by atoms with E-state index in [1.807, 2.05) is 4.90 Å². The van der Waals surface area contributed by atoms with Crippen LogP contribution in [0.3, 0.4) is 0 Å². The molecular weight excluding hydrogens is 278 g/mol. The smallest absolute Gasteiger partial charge is 0.230 e. The summed E-state index contributed by atoms with van der Waals surface area (Å²) >= 11 is 0. The Morgan fingerprint density at radius 3 is 2.52 bits per heavy atom. The van der Waals surface area contributed by atoms with E-state index in [1.54, 1.807) is 0 Å². The molecule has 2 aliphatic rings. The van der Waals surface area contributed by atoms with Gasteiger partial charge in [-0.15, -0.1) is 0 Å². The largest absolute Gasteiger partial charge is 0.413 e. The zero-order chi connectivity index (χ0) is 15.8. The third-order valence-electron chi connectivity index (χ3n) is 5.48. The zero-order valence-electron chi connectivity index (χ0n) is 14.5. The second kappa shape index (κ2) is 5.88. The molecule has 0 spiro atoms. The molecule has 21 heavy (non-hydrogen) atoms. The van der Waals surface area contributed by atoms with Crippen LogP contribution in [0.2, 0.25) is 18.1 Å². The lowest BCUT2D eigenvalue weighted by molar-refractivity contribution is -0.155. The van der Waals surface area contributed by atoms with Crippen molar-refractivity contribution < 1.29 is 9.22 Å². The summed E-state index contributed by atoms with van der Waals surface area (Å²) in [5, 5.41) is 0.194. The van der Waals surface area contributed by atoms with Crippen molar-refractivity contribution in [3.8, 4) is 0 Å². The van der Waals surface area contributed by atoms with E-state index in [0.29, 0.717) is 6.04 Å². The second-order valence-corrected chi connectivity index (χ2v) is 12.9. The SMILES string of the molecule is C[C@@H](O[Si](C)(C)C(C)(C)C)[C@@H]1CN(C2C=CCCC2)C1=O. The summed E-state index contributed by atoms with van der Waals surface area (Å²) in [7, 11) is -1.79. The van der Waals surface area contributed by atoms with Gasteiger partial charge in [-0.3, -0.25) is 4.79 Å². The van der Waals surface area contributed by atoms with E-state index in [0.717, 1.165) is 19.4 Å². The van der Waals surface area contributed by atoms with E-state index in [2.05, 4.69) is 52.9 Å². The Balaban J connectivity index is 1.91. The highest BCUT2D eigenvalue weighted by Gasteiger charge is 2.47. The van der Waals surface area contributed by atoms with Gasteiger partial charge in [-0.1, -0.05) is 32.9 Å². The molecule has 3 atom stereocenters. The number of hydrogen-bond donors (Lipinski definition) is 0. The van der Waals surface area contributed by atoms with Crippen molar-refractivity contribution in [3.63, 3.8) is 0 Å². The van der Waals surface area contributed by atoms with Crippen molar-refractivity contribution in [3.05, 3.63) is 12.2 Å². The predicted octanol–water partition coefficient (Wildman–Crippen LogP) is 3.96. The van der Waals surface area contributed by atoms with Crippen LogP contribution >= 0.6 is 0 Å². The zero-order valence-corrected chi connectivity index (χ0v) is 15.5. The first-order chi connectivity index (χ1) is 9.63. The first-order valence-electron chi connectivity index (χ1n) is 8.28. The lowest BCUT2D eigenvalue weighted by Gasteiger charge is -2.48. The van der Waals surface area contributed by atoms with E-state index in [-0.39, 0.29) is 23.0 Å². The normalized spacial score (nSPS) is 28.5. The van der Waals surface area contributed by atoms with Gasteiger partial charge in [0.25, 0.3) is 0 Å². The van der Waals surface area contributed by atoms with Crippen LogP contribution < -0.4 is 0 Å². The van der Waals surface area contributed by atoms with Gasteiger partial charge < -0.3 is 9.33 Å². The standard InChI is InChI=1S/C17H31NO2Si/c1-13(20-21(5,6)17(2,3)4)15-12-18(16(15)19)14-10-8-7-9-11-14/h8,10,13-15H,7,9,11-12H2,1-6H3/t13-,14?,15+/m1/s1. The fourth-order valence-electron chi connectivity index (χ4n) is 2.91. The van der Waals surface area contributed by atoms with Crippen LogP contribution in [0.25, 0.3) is 0 Å². The minimum Gasteiger partial charge on any atom is -0.413 e.